The first-order chi connectivity index (χ1) is 18.6. The summed E-state index contributed by atoms with van der Waals surface area (Å²) in [5, 5.41) is 6.29. The molecule has 7 nitrogen and oxygen atoms in total. The van der Waals surface area contributed by atoms with Crippen LogP contribution in [0.1, 0.15) is 24.8 Å². The molecule has 0 fully saturated rings. The quantitative estimate of drug-likeness (QED) is 0.201. The molecule has 3 rings (SSSR count). The number of pyridine rings is 1. The maximum Gasteiger partial charge on any atom is 0.412 e. The fraction of sp³-hybridized carbons (Fsp3) is 0.370. The van der Waals surface area contributed by atoms with Crippen molar-refractivity contribution < 1.29 is 31.9 Å². The minimum absolute atomic E-state index is 0.0313. The van der Waals surface area contributed by atoms with E-state index in [4.69, 9.17) is 16.3 Å². The molecule has 2 amide bonds. The molecule has 0 aliphatic heterocycles. The lowest BCUT2D eigenvalue weighted by Crippen LogP contribution is -2.41. The van der Waals surface area contributed by atoms with Crippen LogP contribution < -0.4 is 10.6 Å². The summed E-state index contributed by atoms with van der Waals surface area (Å²) in [5.41, 5.74) is 0.490. The molecular formula is C27H29ClF4N4O3. The van der Waals surface area contributed by atoms with E-state index in [1.54, 1.807) is 19.2 Å². The standard InChI is InChI=1S/C27H29ClF4N4O3/c1-36(25(37)10-8-17-4-2-6-22(30)26(17)28)21(5-3-11-33-15-23(31)32)16-39-27(38)35-24-13-19-12-20(29)9-7-18(19)14-34-24/h2,4,6-7,9,12-14,21,23,33H,3,5,8,10-11,15-16H2,1H3,(H,34,35,38)/t21-/m0/s1. The maximum absolute atomic E-state index is 13.7. The molecule has 2 aromatic carbocycles. The summed E-state index contributed by atoms with van der Waals surface area (Å²) >= 11 is 5.98. The number of halogens is 5. The number of carbonyl (C=O) groups excluding carboxylic acids is 2. The molecule has 2 N–H and O–H groups in total. The van der Waals surface area contributed by atoms with Gasteiger partial charge >= 0.3 is 6.09 Å². The highest BCUT2D eigenvalue weighted by atomic mass is 35.5. The van der Waals surface area contributed by atoms with Gasteiger partial charge in [0.15, 0.2) is 0 Å². The van der Waals surface area contributed by atoms with Gasteiger partial charge in [-0.15, -0.1) is 0 Å². The molecule has 1 heterocycles. The number of nitrogens with one attached hydrogen (secondary N) is 2. The van der Waals surface area contributed by atoms with Gasteiger partial charge in [-0.25, -0.2) is 27.3 Å². The van der Waals surface area contributed by atoms with E-state index < -0.39 is 36.7 Å². The van der Waals surface area contributed by atoms with Crippen LogP contribution in [0, 0.1) is 11.6 Å². The van der Waals surface area contributed by atoms with Gasteiger partial charge in [0.25, 0.3) is 6.43 Å². The molecule has 210 valence electrons. The van der Waals surface area contributed by atoms with Gasteiger partial charge in [-0.05, 0) is 67.1 Å². The first-order valence-corrected chi connectivity index (χ1v) is 12.7. The third-order valence-electron chi connectivity index (χ3n) is 6.09. The number of rotatable bonds is 13. The zero-order chi connectivity index (χ0) is 28.4. The Kier molecular flexibility index (Phi) is 11.3. The van der Waals surface area contributed by atoms with E-state index in [1.165, 1.54) is 41.4 Å². The SMILES string of the molecule is CN(C(=O)CCc1cccc(F)c1Cl)[C@@H](CCCNCC(F)F)COC(=O)Nc1cc2cc(F)ccc2cn1. The van der Waals surface area contributed by atoms with Crippen molar-refractivity contribution in [3.05, 3.63) is 70.9 Å². The Hall–Kier alpha value is -3.44. The number of hydrogen-bond acceptors (Lipinski definition) is 5. The number of likely N-dealkylation sites (N-methyl/N-ethyl adjacent to an activating group) is 1. The maximum atomic E-state index is 13.7. The van der Waals surface area contributed by atoms with Crippen LogP contribution in [0.5, 0.6) is 0 Å². The second kappa shape index (κ2) is 14.6. The van der Waals surface area contributed by atoms with Gasteiger partial charge in [-0.3, -0.25) is 10.1 Å². The summed E-state index contributed by atoms with van der Waals surface area (Å²) in [6, 6.07) is 9.49. The van der Waals surface area contributed by atoms with Crippen molar-refractivity contribution in [1.82, 2.24) is 15.2 Å². The molecule has 0 bridgehead atoms. The van der Waals surface area contributed by atoms with Gasteiger partial charge in [-0.1, -0.05) is 23.7 Å². The minimum Gasteiger partial charge on any atom is -0.447 e. The van der Waals surface area contributed by atoms with Crippen LogP contribution in [-0.4, -0.2) is 61.1 Å². The number of fused-ring (bicyclic) bond motifs is 1. The van der Waals surface area contributed by atoms with Gasteiger partial charge in [0.05, 0.1) is 17.6 Å². The molecule has 1 aromatic heterocycles. The highest BCUT2D eigenvalue weighted by Gasteiger charge is 2.22. The first kappa shape index (κ1) is 30.1. The molecule has 39 heavy (non-hydrogen) atoms. The van der Waals surface area contributed by atoms with Gasteiger partial charge in [0, 0.05) is 25.1 Å². The first-order valence-electron chi connectivity index (χ1n) is 12.3. The summed E-state index contributed by atoms with van der Waals surface area (Å²) in [5.74, 6) is -1.14. The van der Waals surface area contributed by atoms with Gasteiger partial charge in [0.2, 0.25) is 5.91 Å². The number of anilines is 1. The molecular weight excluding hydrogens is 540 g/mol. The van der Waals surface area contributed by atoms with Gasteiger partial charge < -0.3 is 15.0 Å². The third-order valence-corrected chi connectivity index (χ3v) is 6.51. The molecule has 3 aromatic rings. The average Bonchev–Trinajstić information content (AvgIpc) is 2.90. The number of alkyl halides is 2. The van der Waals surface area contributed by atoms with E-state index in [9.17, 15) is 27.2 Å². The minimum atomic E-state index is -2.48. The van der Waals surface area contributed by atoms with E-state index in [2.05, 4.69) is 15.6 Å². The van der Waals surface area contributed by atoms with Crippen LogP contribution in [-0.2, 0) is 16.0 Å². The average molecular weight is 569 g/mol. The van der Waals surface area contributed by atoms with E-state index in [1.807, 2.05) is 0 Å². The number of benzene rings is 2. The lowest BCUT2D eigenvalue weighted by atomic mass is 10.1. The largest absolute Gasteiger partial charge is 0.447 e. The van der Waals surface area contributed by atoms with E-state index >= 15 is 0 Å². The third kappa shape index (κ3) is 9.36. The molecule has 0 spiro atoms. The molecule has 0 radical (unpaired) electrons. The predicted octanol–water partition coefficient (Wildman–Crippen LogP) is 5.81. The van der Waals surface area contributed by atoms with Crippen LogP contribution in [0.3, 0.4) is 0 Å². The van der Waals surface area contributed by atoms with Crippen molar-refractivity contribution in [2.75, 3.05) is 32.1 Å². The lowest BCUT2D eigenvalue weighted by molar-refractivity contribution is -0.132. The number of aryl methyl sites for hydroxylation is 1. The molecule has 0 unspecified atom stereocenters. The molecule has 0 aliphatic carbocycles. The van der Waals surface area contributed by atoms with E-state index in [-0.39, 0.29) is 42.7 Å². The Bertz CT molecular complexity index is 1280. The van der Waals surface area contributed by atoms with Gasteiger partial charge in [0.1, 0.15) is 24.1 Å². The van der Waals surface area contributed by atoms with Crippen LogP contribution in [0.2, 0.25) is 5.02 Å². The zero-order valence-corrected chi connectivity index (χ0v) is 22.0. The number of hydrogen-bond donors (Lipinski definition) is 2. The van der Waals surface area contributed by atoms with Crippen molar-refractivity contribution in [2.45, 2.75) is 38.2 Å². The summed E-state index contributed by atoms with van der Waals surface area (Å²) in [6.45, 7) is -0.340. The summed E-state index contributed by atoms with van der Waals surface area (Å²) in [6.07, 6.45) is -0.787. The number of ether oxygens (including phenoxy) is 1. The fourth-order valence-corrected chi connectivity index (χ4v) is 4.14. The molecule has 0 saturated heterocycles. The van der Waals surface area contributed by atoms with Crippen LogP contribution in [0.4, 0.5) is 28.2 Å². The Balaban J connectivity index is 1.59. The van der Waals surface area contributed by atoms with E-state index in [0.717, 1.165) is 0 Å². The Labute approximate surface area is 228 Å². The summed E-state index contributed by atoms with van der Waals surface area (Å²) < 4.78 is 57.4. The molecule has 0 saturated carbocycles. The number of aromatic nitrogens is 1. The molecule has 12 heteroatoms. The predicted molar refractivity (Wildman–Crippen MR) is 141 cm³/mol. The smallest absolute Gasteiger partial charge is 0.412 e. The van der Waals surface area contributed by atoms with E-state index in [0.29, 0.717) is 29.2 Å². The van der Waals surface area contributed by atoms with Crippen molar-refractivity contribution >= 4 is 40.2 Å². The lowest BCUT2D eigenvalue weighted by Gasteiger charge is -2.28. The Morgan fingerprint density at radius 2 is 1.92 bits per heavy atom. The Morgan fingerprint density at radius 3 is 2.69 bits per heavy atom. The fourth-order valence-electron chi connectivity index (χ4n) is 3.92. The topological polar surface area (TPSA) is 83.6 Å². The van der Waals surface area contributed by atoms with Crippen molar-refractivity contribution in [2.24, 2.45) is 0 Å². The van der Waals surface area contributed by atoms with Crippen LogP contribution in [0.25, 0.3) is 10.8 Å². The number of nitrogens with zero attached hydrogens (tertiary/aromatic N) is 2. The van der Waals surface area contributed by atoms with Crippen LogP contribution in [0.15, 0.2) is 48.7 Å². The molecule has 0 aliphatic rings. The summed E-state index contributed by atoms with van der Waals surface area (Å²) in [7, 11) is 1.55. The monoisotopic (exact) mass is 568 g/mol. The Morgan fingerprint density at radius 1 is 1.13 bits per heavy atom. The number of amides is 2. The molecule has 1 atom stereocenters. The van der Waals surface area contributed by atoms with Crippen molar-refractivity contribution in [3.8, 4) is 0 Å². The van der Waals surface area contributed by atoms with Crippen LogP contribution >= 0.6 is 11.6 Å². The number of carbonyl (C=O) groups is 2. The van der Waals surface area contributed by atoms with Gasteiger partial charge in [-0.2, -0.15) is 0 Å². The second-order valence-corrected chi connectivity index (χ2v) is 9.27. The van der Waals surface area contributed by atoms with Crippen molar-refractivity contribution in [1.29, 1.82) is 0 Å². The highest BCUT2D eigenvalue weighted by molar-refractivity contribution is 6.31. The van der Waals surface area contributed by atoms with Crippen molar-refractivity contribution in [3.63, 3.8) is 0 Å². The normalized spacial score (nSPS) is 12.0. The summed E-state index contributed by atoms with van der Waals surface area (Å²) in [4.78, 5) is 30.9. The second-order valence-electron chi connectivity index (χ2n) is 8.89. The highest BCUT2D eigenvalue weighted by Crippen LogP contribution is 2.22. The zero-order valence-electron chi connectivity index (χ0n) is 21.2.